The van der Waals surface area contributed by atoms with Gasteiger partial charge in [0.15, 0.2) is 6.61 Å². The van der Waals surface area contributed by atoms with Crippen LogP contribution in [0.15, 0.2) is 54.6 Å². The van der Waals surface area contributed by atoms with E-state index >= 15 is 0 Å². The highest BCUT2D eigenvalue weighted by molar-refractivity contribution is 5.92. The number of anilines is 2. The van der Waals surface area contributed by atoms with Gasteiger partial charge in [-0.3, -0.25) is 9.69 Å². The summed E-state index contributed by atoms with van der Waals surface area (Å²) in [6, 6.07) is 15.2. The van der Waals surface area contributed by atoms with Crippen LogP contribution in [-0.2, 0) is 4.79 Å². The van der Waals surface area contributed by atoms with Gasteiger partial charge >= 0.3 is 12.2 Å². The van der Waals surface area contributed by atoms with Gasteiger partial charge < -0.3 is 20.3 Å². The molecule has 1 aliphatic heterocycles. The third-order valence-corrected chi connectivity index (χ3v) is 4.79. The smallest absolute Gasteiger partial charge is 0.401 e. The lowest BCUT2D eigenvalue weighted by Crippen LogP contribution is -2.40. The van der Waals surface area contributed by atoms with E-state index in [1.54, 1.807) is 48.5 Å². The van der Waals surface area contributed by atoms with E-state index in [1.165, 1.54) is 9.80 Å². The van der Waals surface area contributed by atoms with E-state index in [-0.39, 0.29) is 32.1 Å². The Morgan fingerprint density at radius 2 is 1.66 bits per heavy atom. The second kappa shape index (κ2) is 10.9. The number of para-hydroxylation sites is 1. The van der Waals surface area contributed by atoms with Crippen molar-refractivity contribution in [3.05, 3.63) is 54.6 Å². The molecule has 1 fully saturated rings. The Morgan fingerprint density at radius 3 is 2.41 bits per heavy atom. The molecule has 0 unspecified atom stereocenters. The second-order valence-corrected chi connectivity index (χ2v) is 7.39. The van der Waals surface area contributed by atoms with E-state index in [1.807, 2.05) is 6.07 Å². The molecule has 1 aliphatic rings. The molecule has 1 heterocycles. The third-order valence-electron chi connectivity index (χ3n) is 4.79. The maximum Gasteiger partial charge on any atom is 0.401 e. The van der Waals surface area contributed by atoms with Crippen molar-refractivity contribution in [3.63, 3.8) is 0 Å². The molecule has 0 aliphatic carbocycles. The Bertz CT molecular complexity index is 909. The van der Waals surface area contributed by atoms with Gasteiger partial charge in [0.25, 0.3) is 5.91 Å². The van der Waals surface area contributed by atoms with Crippen molar-refractivity contribution < 1.29 is 27.5 Å². The van der Waals surface area contributed by atoms with Crippen molar-refractivity contribution in [2.45, 2.75) is 12.6 Å². The van der Waals surface area contributed by atoms with Crippen LogP contribution in [0.25, 0.3) is 0 Å². The van der Waals surface area contributed by atoms with E-state index in [4.69, 9.17) is 4.74 Å². The summed E-state index contributed by atoms with van der Waals surface area (Å²) < 4.78 is 43.3. The second-order valence-electron chi connectivity index (χ2n) is 7.39. The van der Waals surface area contributed by atoms with Crippen molar-refractivity contribution in [2.24, 2.45) is 0 Å². The molecule has 2 aromatic rings. The largest absolute Gasteiger partial charge is 0.484 e. The van der Waals surface area contributed by atoms with Crippen molar-refractivity contribution in [2.75, 3.05) is 50.0 Å². The van der Waals surface area contributed by atoms with Gasteiger partial charge in [-0.2, -0.15) is 13.2 Å². The van der Waals surface area contributed by atoms with Gasteiger partial charge in [0, 0.05) is 43.6 Å². The number of nitrogens with one attached hydrogen (secondary N) is 2. The van der Waals surface area contributed by atoms with Crippen molar-refractivity contribution >= 4 is 23.3 Å². The van der Waals surface area contributed by atoms with Crippen LogP contribution >= 0.6 is 0 Å². The minimum Gasteiger partial charge on any atom is -0.484 e. The van der Waals surface area contributed by atoms with Gasteiger partial charge in [-0.1, -0.05) is 24.3 Å². The van der Waals surface area contributed by atoms with E-state index in [0.29, 0.717) is 30.1 Å². The van der Waals surface area contributed by atoms with Gasteiger partial charge in [-0.05, 0) is 30.7 Å². The minimum atomic E-state index is -4.25. The Morgan fingerprint density at radius 1 is 0.906 bits per heavy atom. The molecule has 7 nitrogen and oxygen atoms in total. The summed E-state index contributed by atoms with van der Waals surface area (Å²) >= 11 is 0. The van der Waals surface area contributed by atoms with E-state index in [9.17, 15) is 22.8 Å². The number of hydrogen-bond donors (Lipinski definition) is 2. The van der Waals surface area contributed by atoms with E-state index in [2.05, 4.69) is 10.6 Å². The maximum absolute atomic E-state index is 12.6. The topological polar surface area (TPSA) is 73.9 Å². The van der Waals surface area contributed by atoms with E-state index in [0.717, 1.165) is 0 Å². The SMILES string of the molecule is O=C(COc1cccc(NC(=O)N2CCCN(CC(F)(F)F)CC2)c1)Nc1ccccc1. The Kier molecular flexibility index (Phi) is 7.93. The molecule has 2 aromatic carbocycles. The number of amides is 3. The molecule has 0 spiro atoms. The summed E-state index contributed by atoms with van der Waals surface area (Å²) in [6.45, 7) is -0.148. The lowest BCUT2D eigenvalue weighted by atomic mass is 10.3. The van der Waals surface area contributed by atoms with Crippen LogP contribution in [-0.4, -0.2) is 67.2 Å². The molecule has 0 bridgehead atoms. The molecule has 32 heavy (non-hydrogen) atoms. The zero-order valence-electron chi connectivity index (χ0n) is 17.4. The standard InChI is InChI=1S/C22H25F3N4O3/c23-22(24,25)16-28-10-5-11-29(13-12-28)21(31)27-18-8-4-9-19(14-18)32-15-20(30)26-17-6-2-1-3-7-17/h1-4,6-9,14H,5,10-13,15-16H2,(H,26,30)(H,27,31). The number of alkyl halides is 3. The summed E-state index contributed by atoms with van der Waals surface area (Å²) in [5, 5.41) is 5.45. The average Bonchev–Trinajstić information content (AvgIpc) is 2.97. The first-order chi connectivity index (χ1) is 15.3. The normalized spacial score (nSPS) is 15.0. The van der Waals surface area contributed by atoms with Crippen LogP contribution < -0.4 is 15.4 Å². The van der Waals surface area contributed by atoms with Crippen LogP contribution in [0.5, 0.6) is 5.75 Å². The molecule has 0 saturated carbocycles. The van der Waals surface area contributed by atoms with Gasteiger partial charge in [0.1, 0.15) is 5.75 Å². The Balaban J connectivity index is 1.48. The van der Waals surface area contributed by atoms with Crippen LogP contribution in [0.1, 0.15) is 6.42 Å². The average molecular weight is 450 g/mol. The fourth-order valence-electron chi connectivity index (χ4n) is 3.32. The molecule has 1 saturated heterocycles. The van der Waals surface area contributed by atoms with Gasteiger partial charge in [0.05, 0.1) is 6.54 Å². The maximum atomic E-state index is 12.6. The molecule has 0 atom stereocenters. The van der Waals surface area contributed by atoms with Crippen molar-refractivity contribution in [1.29, 1.82) is 0 Å². The van der Waals surface area contributed by atoms with Gasteiger partial charge in [0.2, 0.25) is 0 Å². The fraction of sp³-hybridized carbons (Fsp3) is 0.364. The number of nitrogens with zero attached hydrogens (tertiary/aromatic N) is 2. The number of benzene rings is 2. The summed E-state index contributed by atoms with van der Waals surface area (Å²) in [6.07, 6.45) is -3.79. The Hall–Kier alpha value is -3.27. The summed E-state index contributed by atoms with van der Waals surface area (Å²) in [5.74, 6) is 0.0804. The number of urea groups is 1. The first kappa shape index (κ1) is 23.4. The number of carbonyl (C=O) groups excluding carboxylic acids is 2. The monoisotopic (exact) mass is 450 g/mol. The molecule has 10 heteroatoms. The molecule has 0 aromatic heterocycles. The molecule has 2 N–H and O–H groups in total. The van der Waals surface area contributed by atoms with Crippen molar-refractivity contribution in [1.82, 2.24) is 9.80 Å². The first-order valence-corrected chi connectivity index (χ1v) is 10.2. The summed E-state index contributed by atoms with van der Waals surface area (Å²) in [7, 11) is 0. The number of rotatable bonds is 6. The number of carbonyl (C=O) groups is 2. The highest BCUT2D eigenvalue weighted by atomic mass is 19.4. The number of ether oxygens (including phenoxy) is 1. The highest BCUT2D eigenvalue weighted by Gasteiger charge is 2.31. The van der Waals surface area contributed by atoms with Crippen LogP contribution in [0.2, 0.25) is 0 Å². The number of hydrogen-bond acceptors (Lipinski definition) is 4. The van der Waals surface area contributed by atoms with Crippen molar-refractivity contribution in [3.8, 4) is 5.75 Å². The molecular formula is C22H25F3N4O3. The first-order valence-electron chi connectivity index (χ1n) is 10.2. The molecule has 0 radical (unpaired) electrons. The molecule has 3 rings (SSSR count). The summed E-state index contributed by atoms with van der Waals surface area (Å²) in [4.78, 5) is 27.4. The summed E-state index contributed by atoms with van der Waals surface area (Å²) in [5.41, 5.74) is 1.13. The third kappa shape index (κ3) is 7.77. The Labute approximate surface area is 184 Å². The molecule has 172 valence electrons. The predicted molar refractivity (Wildman–Crippen MR) is 115 cm³/mol. The van der Waals surface area contributed by atoms with E-state index < -0.39 is 18.8 Å². The van der Waals surface area contributed by atoms with Gasteiger partial charge in [-0.15, -0.1) is 0 Å². The van der Waals surface area contributed by atoms with Gasteiger partial charge in [-0.25, -0.2) is 4.79 Å². The molecule has 3 amide bonds. The molecular weight excluding hydrogens is 425 g/mol. The zero-order chi connectivity index (χ0) is 23.0. The number of halogens is 3. The lowest BCUT2D eigenvalue weighted by molar-refractivity contribution is -0.145. The van der Waals surface area contributed by atoms with Crippen LogP contribution in [0.4, 0.5) is 29.3 Å². The minimum absolute atomic E-state index is 0.159. The predicted octanol–water partition coefficient (Wildman–Crippen LogP) is 3.81. The highest BCUT2D eigenvalue weighted by Crippen LogP contribution is 2.20. The zero-order valence-corrected chi connectivity index (χ0v) is 17.4. The quantitative estimate of drug-likeness (QED) is 0.702. The fourth-order valence-corrected chi connectivity index (χ4v) is 3.32. The van der Waals surface area contributed by atoms with Crippen LogP contribution in [0, 0.1) is 0 Å². The lowest BCUT2D eigenvalue weighted by Gasteiger charge is -2.23. The van der Waals surface area contributed by atoms with Crippen LogP contribution in [0.3, 0.4) is 0 Å².